The molecule has 0 saturated carbocycles. The van der Waals surface area contributed by atoms with Crippen LogP contribution in [0.25, 0.3) is 0 Å². The number of carbonyl (C=O) groups excluding carboxylic acids is 1. The minimum Gasteiger partial charge on any atom is -0.495 e. The van der Waals surface area contributed by atoms with E-state index in [9.17, 15) is 4.79 Å². The maximum absolute atomic E-state index is 11.2. The maximum Gasteiger partial charge on any atom is 0.234 e. The molecule has 5 heteroatoms. The van der Waals surface area contributed by atoms with Gasteiger partial charge >= 0.3 is 0 Å². The number of nitrogens with one attached hydrogen (secondary N) is 2. The van der Waals surface area contributed by atoms with Crippen molar-refractivity contribution < 1.29 is 9.53 Å². The molecule has 88 valence electrons. The zero-order valence-electron chi connectivity index (χ0n) is 9.34. The van der Waals surface area contributed by atoms with Gasteiger partial charge in [0, 0.05) is 13.5 Å². The van der Waals surface area contributed by atoms with Crippen molar-refractivity contribution in [2.45, 2.75) is 12.8 Å². The van der Waals surface area contributed by atoms with Crippen LogP contribution in [0, 0.1) is 0 Å². The Morgan fingerprint density at radius 3 is 2.81 bits per heavy atom. The number of halogens is 1. The number of methoxy groups -OCH3 is 1. The van der Waals surface area contributed by atoms with Crippen LogP contribution in [0.5, 0.6) is 5.75 Å². The zero-order valence-corrected chi connectivity index (χ0v) is 10.1. The Hall–Kier alpha value is -1.26. The van der Waals surface area contributed by atoms with E-state index in [4.69, 9.17) is 16.3 Å². The number of hydrazine groups is 1. The van der Waals surface area contributed by atoms with Crippen molar-refractivity contribution in [2.75, 3.05) is 14.2 Å². The molecule has 16 heavy (non-hydrogen) atoms. The Labute approximate surface area is 99.9 Å². The molecule has 0 aromatic heterocycles. The summed E-state index contributed by atoms with van der Waals surface area (Å²) < 4.78 is 5.04. The van der Waals surface area contributed by atoms with E-state index in [0.29, 0.717) is 23.6 Å². The molecule has 0 saturated heterocycles. The van der Waals surface area contributed by atoms with Gasteiger partial charge in [-0.2, -0.15) is 0 Å². The summed E-state index contributed by atoms with van der Waals surface area (Å²) in [6.45, 7) is 0. The highest BCUT2D eigenvalue weighted by molar-refractivity contribution is 6.32. The molecule has 2 N–H and O–H groups in total. The summed E-state index contributed by atoms with van der Waals surface area (Å²) in [7, 11) is 3.23. The molecule has 0 radical (unpaired) electrons. The van der Waals surface area contributed by atoms with Gasteiger partial charge in [0.2, 0.25) is 5.91 Å². The number of hydrogen-bond donors (Lipinski definition) is 2. The summed E-state index contributed by atoms with van der Waals surface area (Å²) in [4.78, 5) is 11.2. The summed E-state index contributed by atoms with van der Waals surface area (Å²) in [5, 5.41) is 0.564. The van der Waals surface area contributed by atoms with Crippen LogP contribution in [0.2, 0.25) is 5.02 Å². The molecule has 0 spiro atoms. The molecule has 0 fully saturated rings. The second kappa shape index (κ2) is 6.35. The van der Waals surface area contributed by atoms with Crippen molar-refractivity contribution in [3.05, 3.63) is 28.8 Å². The van der Waals surface area contributed by atoms with Crippen molar-refractivity contribution in [3.8, 4) is 5.75 Å². The van der Waals surface area contributed by atoms with Crippen molar-refractivity contribution in [2.24, 2.45) is 0 Å². The van der Waals surface area contributed by atoms with Crippen molar-refractivity contribution in [3.63, 3.8) is 0 Å². The fourth-order valence-electron chi connectivity index (χ4n) is 1.33. The first kappa shape index (κ1) is 12.8. The van der Waals surface area contributed by atoms with E-state index in [0.717, 1.165) is 5.56 Å². The minimum absolute atomic E-state index is 0.0468. The number of carbonyl (C=O) groups is 1. The highest BCUT2D eigenvalue weighted by atomic mass is 35.5. The first-order valence-corrected chi connectivity index (χ1v) is 5.33. The van der Waals surface area contributed by atoms with E-state index < -0.39 is 0 Å². The third-order valence-corrected chi connectivity index (χ3v) is 2.42. The molecule has 0 unspecified atom stereocenters. The van der Waals surface area contributed by atoms with E-state index >= 15 is 0 Å². The number of ether oxygens (including phenoxy) is 1. The maximum atomic E-state index is 11.2. The normalized spacial score (nSPS) is 9.94. The Balaban J connectivity index is 2.55. The lowest BCUT2D eigenvalue weighted by molar-refractivity contribution is -0.121. The summed E-state index contributed by atoms with van der Waals surface area (Å²) in [5.41, 5.74) is 6.11. The second-order valence-electron chi connectivity index (χ2n) is 3.27. The van der Waals surface area contributed by atoms with Crippen LogP contribution < -0.4 is 15.6 Å². The lowest BCUT2D eigenvalue weighted by atomic mass is 10.1. The third-order valence-electron chi connectivity index (χ3n) is 2.12. The van der Waals surface area contributed by atoms with Gasteiger partial charge in [0.15, 0.2) is 0 Å². The average Bonchev–Trinajstić information content (AvgIpc) is 2.27. The van der Waals surface area contributed by atoms with Crippen LogP contribution >= 0.6 is 11.6 Å². The van der Waals surface area contributed by atoms with E-state index in [1.165, 1.54) is 0 Å². The monoisotopic (exact) mass is 242 g/mol. The molecule has 0 heterocycles. The third kappa shape index (κ3) is 3.72. The molecule has 1 aromatic rings. The molecule has 1 aromatic carbocycles. The van der Waals surface area contributed by atoms with E-state index in [1.807, 2.05) is 12.1 Å². The number of hydrogen-bond acceptors (Lipinski definition) is 3. The first-order chi connectivity index (χ1) is 7.67. The van der Waals surface area contributed by atoms with Crippen molar-refractivity contribution in [1.82, 2.24) is 10.9 Å². The molecule has 4 nitrogen and oxygen atoms in total. The molecule has 0 aliphatic rings. The Bertz CT molecular complexity index is 369. The van der Waals surface area contributed by atoms with Gasteiger partial charge in [0.25, 0.3) is 0 Å². The Kier molecular flexibility index (Phi) is 5.08. The molecule has 1 amide bonds. The molecular formula is C11H15ClN2O2. The predicted octanol–water partition coefficient (Wildman–Crippen LogP) is 1.53. The van der Waals surface area contributed by atoms with Crippen LogP contribution in [0.3, 0.4) is 0 Å². The van der Waals surface area contributed by atoms with Gasteiger partial charge in [-0.1, -0.05) is 17.7 Å². The van der Waals surface area contributed by atoms with E-state index in [-0.39, 0.29) is 5.91 Å². The van der Waals surface area contributed by atoms with Crippen LogP contribution in [0.4, 0.5) is 0 Å². The molecule has 1 rings (SSSR count). The summed E-state index contributed by atoms with van der Waals surface area (Å²) >= 11 is 5.97. The fraction of sp³-hybridized carbons (Fsp3) is 0.364. The summed E-state index contributed by atoms with van der Waals surface area (Å²) in [5.74, 6) is 0.597. The summed E-state index contributed by atoms with van der Waals surface area (Å²) in [6, 6.07) is 5.51. The van der Waals surface area contributed by atoms with Gasteiger partial charge in [0.1, 0.15) is 5.75 Å². The van der Waals surface area contributed by atoms with Crippen molar-refractivity contribution in [1.29, 1.82) is 0 Å². The predicted molar refractivity (Wildman–Crippen MR) is 63.5 cm³/mol. The topological polar surface area (TPSA) is 50.4 Å². The van der Waals surface area contributed by atoms with Crippen LogP contribution in [0.15, 0.2) is 18.2 Å². The highest BCUT2D eigenvalue weighted by Crippen LogP contribution is 2.25. The van der Waals surface area contributed by atoms with Crippen LogP contribution in [0.1, 0.15) is 12.0 Å². The number of amides is 1. The lowest BCUT2D eigenvalue weighted by Gasteiger charge is -2.06. The fourth-order valence-corrected chi connectivity index (χ4v) is 1.61. The lowest BCUT2D eigenvalue weighted by Crippen LogP contribution is -2.34. The van der Waals surface area contributed by atoms with Crippen LogP contribution in [-0.2, 0) is 11.2 Å². The molecular weight excluding hydrogens is 228 g/mol. The smallest absolute Gasteiger partial charge is 0.234 e. The van der Waals surface area contributed by atoms with Gasteiger partial charge in [-0.3, -0.25) is 10.2 Å². The molecule has 0 atom stereocenters. The quantitative estimate of drug-likeness (QED) is 0.770. The molecule has 0 aliphatic carbocycles. The van der Waals surface area contributed by atoms with Gasteiger partial charge < -0.3 is 4.74 Å². The molecule has 0 aliphatic heterocycles. The SMILES string of the molecule is CNNC(=O)CCc1ccc(OC)c(Cl)c1. The highest BCUT2D eigenvalue weighted by Gasteiger charge is 2.04. The minimum atomic E-state index is -0.0468. The second-order valence-corrected chi connectivity index (χ2v) is 3.67. The largest absolute Gasteiger partial charge is 0.495 e. The van der Waals surface area contributed by atoms with Gasteiger partial charge in [0.05, 0.1) is 12.1 Å². The molecule has 0 bridgehead atoms. The first-order valence-electron chi connectivity index (χ1n) is 4.95. The standard InChI is InChI=1S/C11H15ClN2O2/c1-13-14-11(15)6-4-8-3-5-10(16-2)9(12)7-8/h3,5,7,13H,4,6H2,1-2H3,(H,14,15). The summed E-state index contributed by atoms with van der Waals surface area (Å²) in [6.07, 6.45) is 1.07. The number of benzene rings is 1. The number of rotatable bonds is 5. The van der Waals surface area contributed by atoms with Gasteiger partial charge in [-0.15, -0.1) is 0 Å². The number of aryl methyl sites for hydroxylation is 1. The van der Waals surface area contributed by atoms with Gasteiger partial charge in [-0.25, -0.2) is 5.43 Å². The van der Waals surface area contributed by atoms with Crippen LogP contribution in [-0.4, -0.2) is 20.1 Å². The Morgan fingerprint density at radius 2 is 2.25 bits per heavy atom. The van der Waals surface area contributed by atoms with E-state index in [1.54, 1.807) is 20.2 Å². The Morgan fingerprint density at radius 1 is 1.50 bits per heavy atom. The zero-order chi connectivity index (χ0) is 12.0. The average molecular weight is 243 g/mol. The van der Waals surface area contributed by atoms with Gasteiger partial charge in [-0.05, 0) is 24.1 Å². The van der Waals surface area contributed by atoms with Crippen molar-refractivity contribution >= 4 is 17.5 Å². The van der Waals surface area contributed by atoms with E-state index in [2.05, 4.69) is 10.9 Å².